The number of nitrogens with zero attached hydrogens (tertiary/aromatic N) is 2. The maximum absolute atomic E-state index is 12.2. The van der Waals surface area contributed by atoms with Crippen LogP contribution in [-0.2, 0) is 9.53 Å². The van der Waals surface area contributed by atoms with E-state index in [2.05, 4.69) is 20.9 Å². The number of amides is 1. The van der Waals surface area contributed by atoms with Gasteiger partial charge in [-0.15, -0.1) is 0 Å². The van der Waals surface area contributed by atoms with E-state index in [9.17, 15) is 9.59 Å². The number of hydrogen-bond donors (Lipinski definition) is 0. The molecule has 1 fully saturated rings. The van der Waals surface area contributed by atoms with Crippen molar-refractivity contribution in [2.24, 2.45) is 0 Å². The van der Waals surface area contributed by atoms with E-state index in [1.165, 1.54) is 12.0 Å². The van der Waals surface area contributed by atoms with Crippen LogP contribution in [-0.4, -0.2) is 41.5 Å². The second kappa shape index (κ2) is 5.48. The maximum atomic E-state index is 12.2. The third kappa shape index (κ3) is 2.53. The van der Waals surface area contributed by atoms with Gasteiger partial charge in [-0.3, -0.25) is 4.79 Å². The molecule has 2 heterocycles. The van der Waals surface area contributed by atoms with Crippen LogP contribution in [0.1, 0.15) is 23.3 Å². The first kappa shape index (κ1) is 13.0. The molecule has 18 heavy (non-hydrogen) atoms. The Bertz CT molecular complexity index is 461. The molecule has 96 valence electrons. The van der Waals surface area contributed by atoms with Crippen LogP contribution >= 0.6 is 15.9 Å². The third-order valence-corrected chi connectivity index (χ3v) is 3.40. The Morgan fingerprint density at radius 3 is 2.89 bits per heavy atom. The van der Waals surface area contributed by atoms with Gasteiger partial charge in [0, 0.05) is 17.2 Å². The lowest BCUT2D eigenvalue weighted by molar-refractivity contribution is -0.145. The first-order chi connectivity index (χ1) is 8.63. The number of pyridine rings is 1. The molecular formula is C12H13BrN2O3. The molecule has 0 aromatic carbocycles. The van der Waals surface area contributed by atoms with Gasteiger partial charge in [-0.05, 0) is 40.9 Å². The number of methoxy groups -OCH3 is 1. The van der Waals surface area contributed by atoms with Crippen molar-refractivity contribution in [3.8, 4) is 0 Å². The molecular weight excluding hydrogens is 300 g/mol. The lowest BCUT2D eigenvalue weighted by Gasteiger charge is -2.22. The van der Waals surface area contributed by atoms with Gasteiger partial charge in [0.1, 0.15) is 11.7 Å². The van der Waals surface area contributed by atoms with E-state index < -0.39 is 6.04 Å². The molecule has 0 radical (unpaired) electrons. The summed E-state index contributed by atoms with van der Waals surface area (Å²) in [6, 6.07) is 2.91. The van der Waals surface area contributed by atoms with Crippen LogP contribution in [0.4, 0.5) is 0 Å². The molecule has 1 aromatic rings. The predicted molar refractivity (Wildman–Crippen MR) is 68.0 cm³/mol. The molecule has 1 atom stereocenters. The molecule has 1 aromatic heterocycles. The van der Waals surface area contributed by atoms with Crippen LogP contribution in [0.15, 0.2) is 22.8 Å². The molecule has 0 saturated carbocycles. The van der Waals surface area contributed by atoms with E-state index >= 15 is 0 Å². The van der Waals surface area contributed by atoms with Gasteiger partial charge in [0.15, 0.2) is 0 Å². The average Bonchev–Trinajstić information content (AvgIpc) is 2.87. The molecule has 1 amide bonds. The van der Waals surface area contributed by atoms with Crippen molar-refractivity contribution >= 4 is 27.8 Å². The minimum atomic E-state index is -0.479. The number of aromatic nitrogens is 1. The van der Waals surface area contributed by atoms with Crippen LogP contribution in [0.3, 0.4) is 0 Å². The van der Waals surface area contributed by atoms with E-state index in [1.54, 1.807) is 18.3 Å². The van der Waals surface area contributed by atoms with Gasteiger partial charge in [0.2, 0.25) is 0 Å². The molecule has 0 spiro atoms. The normalized spacial score (nSPS) is 18.8. The molecule has 1 aliphatic rings. The van der Waals surface area contributed by atoms with Crippen molar-refractivity contribution in [3.05, 3.63) is 28.5 Å². The number of halogens is 1. The number of carbonyl (C=O) groups excluding carboxylic acids is 2. The molecule has 1 aliphatic heterocycles. The molecule has 0 N–H and O–H groups in total. The Morgan fingerprint density at radius 1 is 1.50 bits per heavy atom. The Hall–Kier alpha value is -1.43. The summed E-state index contributed by atoms with van der Waals surface area (Å²) in [4.78, 5) is 29.4. The van der Waals surface area contributed by atoms with Crippen molar-refractivity contribution < 1.29 is 14.3 Å². The van der Waals surface area contributed by atoms with E-state index in [1.807, 2.05) is 0 Å². The summed E-state index contributed by atoms with van der Waals surface area (Å²) < 4.78 is 5.52. The fourth-order valence-corrected chi connectivity index (χ4v) is 2.27. The van der Waals surface area contributed by atoms with Crippen LogP contribution in [0.2, 0.25) is 0 Å². The van der Waals surface area contributed by atoms with Gasteiger partial charge in [-0.25, -0.2) is 9.78 Å². The summed E-state index contributed by atoms with van der Waals surface area (Å²) in [5.41, 5.74) is 0.342. The standard InChI is InChI=1S/C12H13BrN2O3/c1-18-12(17)10-3-2-6-15(10)11(16)9-5-4-8(13)7-14-9/h4-5,7,10H,2-3,6H2,1H3. The summed E-state index contributed by atoms with van der Waals surface area (Å²) >= 11 is 3.26. The number of likely N-dealkylation sites (tertiary alicyclic amines) is 1. The van der Waals surface area contributed by atoms with Crippen LogP contribution in [0.5, 0.6) is 0 Å². The van der Waals surface area contributed by atoms with Gasteiger partial charge in [0.05, 0.1) is 7.11 Å². The van der Waals surface area contributed by atoms with Crippen molar-refractivity contribution in [3.63, 3.8) is 0 Å². The molecule has 1 saturated heterocycles. The number of rotatable bonds is 2. The topological polar surface area (TPSA) is 59.5 Å². The van der Waals surface area contributed by atoms with Gasteiger partial charge in [-0.1, -0.05) is 0 Å². The number of ether oxygens (including phenoxy) is 1. The third-order valence-electron chi connectivity index (χ3n) is 2.93. The smallest absolute Gasteiger partial charge is 0.328 e. The number of hydrogen-bond acceptors (Lipinski definition) is 4. The summed E-state index contributed by atoms with van der Waals surface area (Å²) in [7, 11) is 1.33. The Morgan fingerprint density at radius 2 is 2.28 bits per heavy atom. The summed E-state index contributed by atoms with van der Waals surface area (Å²) in [5, 5.41) is 0. The van der Waals surface area contributed by atoms with Crippen LogP contribution < -0.4 is 0 Å². The first-order valence-electron chi connectivity index (χ1n) is 5.64. The van der Waals surface area contributed by atoms with Crippen molar-refractivity contribution in [2.45, 2.75) is 18.9 Å². The van der Waals surface area contributed by atoms with E-state index in [4.69, 9.17) is 4.74 Å². The Balaban J connectivity index is 2.17. The Labute approximate surface area is 113 Å². The molecule has 5 nitrogen and oxygen atoms in total. The monoisotopic (exact) mass is 312 g/mol. The fourth-order valence-electron chi connectivity index (χ4n) is 2.04. The quantitative estimate of drug-likeness (QED) is 0.779. The van der Waals surface area contributed by atoms with Gasteiger partial charge >= 0.3 is 5.97 Å². The minimum absolute atomic E-state index is 0.226. The summed E-state index contributed by atoms with van der Waals surface area (Å²) in [6.45, 7) is 0.566. The fraction of sp³-hybridized carbons (Fsp3) is 0.417. The first-order valence-corrected chi connectivity index (χ1v) is 6.43. The van der Waals surface area contributed by atoms with Crippen molar-refractivity contribution in [1.29, 1.82) is 0 Å². The SMILES string of the molecule is COC(=O)C1CCCN1C(=O)c1ccc(Br)cn1. The Kier molecular flexibility index (Phi) is 3.96. The van der Waals surface area contributed by atoms with Crippen molar-refractivity contribution in [2.75, 3.05) is 13.7 Å². The highest BCUT2D eigenvalue weighted by atomic mass is 79.9. The molecule has 1 unspecified atom stereocenters. The van der Waals surface area contributed by atoms with Crippen LogP contribution in [0, 0.1) is 0 Å². The minimum Gasteiger partial charge on any atom is -0.467 e. The lowest BCUT2D eigenvalue weighted by Crippen LogP contribution is -2.41. The summed E-state index contributed by atoms with van der Waals surface area (Å²) in [5.74, 6) is -0.589. The predicted octanol–water partition coefficient (Wildman–Crippen LogP) is 1.62. The van der Waals surface area contributed by atoms with E-state index in [0.717, 1.165) is 10.9 Å². The molecule has 6 heteroatoms. The molecule has 0 aliphatic carbocycles. The zero-order valence-electron chi connectivity index (χ0n) is 9.93. The lowest BCUT2D eigenvalue weighted by atomic mass is 10.2. The average molecular weight is 313 g/mol. The highest BCUT2D eigenvalue weighted by Gasteiger charge is 2.35. The highest BCUT2D eigenvalue weighted by Crippen LogP contribution is 2.21. The zero-order valence-corrected chi connectivity index (χ0v) is 11.5. The number of esters is 1. The molecule has 0 bridgehead atoms. The van der Waals surface area contributed by atoms with Crippen LogP contribution in [0.25, 0.3) is 0 Å². The van der Waals surface area contributed by atoms with E-state index in [0.29, 0.717) is 18.7 Å². The maximum Gasteiger partial charge on any atom is 0.328 e. The van der Waals surface area contributed by atoms with Gasteiger partial charge in [0.25, 0.3) is 5.91 Å². The second-order valence-electron chi connectivity index (χ2n) is 4.04. The van der Waals surface area contributed by atoms with Gasteiger partial charge in [-0.2, -0.15) is 0 Å². The second-order valence-corrected chi connectivity index (χ2v) is 4.96. The largest absolute Gasteiger partial charge is 0.467 e. The highest BCUT2D eigenvalue weighted by molar-refractivity contribution is 9.10. The molecule has 2 rings (SSSR count). The van der Waals surface area contributed by atoms with Crippen molar-refractivity contribution in [1.82, 2.24) is 9.88 Å². The van der Waals surface area contributed by atoms with Gasteiger partial charge < -0.3 is 9.64 Å². The number of carbonyl (C=O) groups is 2. The summed E-state index contributed by atoms with van der Waals surface area (Å²) in [6.07, 6.45) is 3.02. The zero-order chi connectivity index (χ0) is 13.1. The van der Waals surface area contributed by atoms with E-state index in [-0.39, 0.29) is 11.9 Å².